The van der Waals surface area contributed by atoms with Crippen molar-refractivity contribution in [1.82, 2.24) is 9.97 Å². The lowest BCUT2D eigenvalue weighted by Crippen LogP contribution is -2.14. The van der Waals surface area contributed by atoms with Gasteiger partial charge in [-0.15, -0.1) is 0 Å². The zero-order valence-electron chi connectivity index (χ0n) is 12.1. The number of hydrogen-bond acceptors (Lipinski definition) is 3. The molecule has 1 amide bonds. The monoisotopic (exact) mass is 361 g/mol. The standard InChI is InChI=1S/C17H10Cl2FN3O/c18-13-2-1-7-21-16(13)10-3-5-12(14(20)8-10)17(24)23-11-4-6-15(19)22-9-11/h1-9H,(H,23,24). The van der Waals surface area contributed by atoms with E-state index < -0.39 is 11.7 Å². The average molecular weight is 362 g/mol. The van der Waals surface area contributed by atoms with Crippen LogP contribution in [-0.2, 0) is 0 Å². The van der Waals surface area contributed by atoms with Gasteiger partial charge in [-0.3, -0.25) is 9.78 Å². The molecule has 2 heterocycles. The van der Waals surface area contributed by atoms with Crippen molar-refractivity contribution >= 4 is 34.8 Å². The minimum Gasteiger partial charge on any atom is -0.320 e. The van der Waals surface area contributed by atoms with E-state index in [9.17, 15) is 9.18 Å². The van der Waals surface area contributed by atoms with Crippen molar-refractivity contribution in [2.45, 2.75) is 0 Å². The fourth-order valence-electron chi connectivity index (χ4n) is 2.09. The lowest BCUT2D eigenvalue weighted by atomic mass is 10.1. The first-order chi connectivity index (χ1) is 11.5. The summed E-state index contributed by atoms with van der Waals surface area (Å²) in [5.74, 6) is -1.26. The Morgan fingerprint density at radius 3 is 2.58 bits per heavy atom. The van der Waals surface area contributed by atoms with Gasteiger partial charge in [-0.05, 0) is 36.4 Å². The third-order valence-electron chi connectivity index (χ3n) is 3.23. The van der Waals surface area contributed by atoms with Crippen molar-refractivity contribution in [1.29, 1.82) is 0 Å². The molecule has 0 saturated carbocycles. The predicted molar refractivity (Wildman–Crippen MR) is 91.8 cm³/mol. The molecule has 0 unspecified atom stereocenters. The molecular formula is C17H10Cl2FN3O. The Morgan fingerprint density at radius 1 is 1.08 bits per heavy atom. The highest BCUT2D eigenvalue weighted by molar-refractivity contribution is 6.33. The van der Waals surface area contributed by atoms with Gasteiger partial charge >= 0.3 is 0 Å². The highest BCUT2D eigenvalue weighted by Crippen LogP contribution is 2.26. The maximum Gasteiger partial charge on any atom is 0.258 e. The van der Waals surface area contributed by atoms with Crippen LogP contribution in [0.1, 0.15) is 10.4 Å². The number of benzene rings is 1. The summed E-state index contributed by atoms with van der Waals surface area (Å²) < 4.78 is 14.3. The van der Waals surface area contributed by atoms with Crippen LogP contribution in [-0.4, -0.2) is 15.9 Å². The minimum absolute atomic E-state index is 0.0965. The number of anilines is 1. The van der Waals surface area contributed by atoms with Gasteiger partial charge in [0.2, 0.25) is 0 Å². The lowest BCUT2D eigenvalue weighted by Gasteiger charge is -2.08. The Hall–Kier alpha value is -2.50. The SMILES string of the molecule is O=C(Nc1ccc(Cl)nc1)c1ccc(-c2ncccc2Cl)cc1F. The van der Waals surface area contributed by atoms with E-state index >= 15 is 0 Å². The number of nitrogens with one attached hydrogen (secondary N) is 1. The summed E-state index contributed by atoms with van der Waals surface area (Å²) in [5.41, 5.74) is 1.26. The van der Waals surface area contributed by atoms with Gasteiger partial charge in [0.25, 0.3) is 5.91 Å². The first-order valence-corrected chi connectivity index (χ1v) is 7.63. The molecule has 4 nitrogen and oxygen atoms in total. The number of carbonyl (C=O) groups excluding carboxylic acids is 1. The molecule has 1 N–H and O–H groups in total. The predicted octanol–water partition coefficient (Wildman–Crippen LogP) is 4.84. The summed E-state index contributed by atoms with van der Waals surface area (Å²) in [4.78, 5) is 20.1. The van der Waals surface area contributed by atoms with Crippen LogP contribution < -0.4 is 5.32 Å². The van der Waals surface area contributed by atoms with Crippen molar-refractivity contribution < 1.29 is 9.18 Å². The largest absolute Gasteiger partial charge is 0.320 e. The van der Waals surface area contributed by atoms with Gasteiger partial charge in [0.15, 0.2) is 0 Å². The fourth-order valence-corrected chi connectivity index (χ4v) is 2.44. The van der Waals surface area contributed by atoms with Crippen LogP contribution in [0.4, 0.5) is 10.1 Å². The summed E-state index contributed by atoms with van der Waals surface area (Å²) in [6.45, 7) is 0. The molecule has 0 fully saturated rings. The summed E-state index contributed by atoms with van der Waals surface area (Å²) in [5, 5.41) is 3.26. The van der Waals surface area contributed by atoms with Gasteiger partial charge in [-0.2, -0.15) is 0 Å². The number of nitrogens with zero attached hydrogens (tertiary/aromatic N) is 2. The van der Waals surface area contributed by atoms with Crippen molar-refractivity contribution in [2.24, 2.45) is 0 Å². The summed E-state index contributed by atoms with van der Waals surface area (Å²) >= 11 is 11.7. The van der Waals surface area contributed by atoms with Crippen LogP contribution >= 0.6 is 23.2 Å². The molecule has 1 aromatic carbocycles. The van der Waals surface area contributed by atoms with E-state index in [1.807, 2.05) is 0 Å². The van der Waals surface area contributed by atoms with E-state index in [-0.39, 0.29) is 5.56 Å². The second-order valence-corrected chi connectivity index (χ2v) is 5.65. The molecular weight excluding hydrogens is 352 g/mol. The van der Waals surface area contributed by atoms with E-state index in [2.05, 4.69) is 15.3 Å². The van der Waals surface area contributed by atoms with Gasteiger partial charge < -0.3 is 5.32 Å². The Kier molecular flexibility index (Phi) is 4.74. The summed E-state index contributed by atoms with van der Waals surface area (Å²) in [6, 6.07) is 10.6. The van der Waals surface area contributed by atoms with Gasteiger partial charge in [0.1, 0.15) is 11.0 Å². The Balaban J connectivity index is 1.86. The highest BCUT2D eigenvalue weighted by atomic mass is 35.5. The lowest BCUT2D eigenvalue weighted by molar-refractivity contribution is 0.102. The average Bonchev–Trinajstić information content (AvgIpc) is 2.57. The molecule has 2 aromatic heterocycles. The molecule has 0 aliphatic carbocycles. The summed E-state index contributed by atoms with van der Waals surface area (Å²) in [6.07, 6.45) is 2.95. The van der Waals surface area contributed by atoms with Crippen molar-refractivity contribution in [2.75, 3.05) is 5.32 Å². The number of aromatic nitrogens is 2. The number of carbonyl (C=O) groups is 1. The van der Waals surface area contributed by atoms with E-state index in [0.717, 1.165) is 0 Å². The molecule has 0 aliphatic rings. The second kappa shape index (κ2) is 6.95. The van der Waals surface area contributed by atoms with Crippen LogP contribution in [0.15, 0.2) is 54.9 Å². The molecule has 3 aromatic rings. The first-order valence-electron chi connectivity index (χ1n) is 6.88. The summed E-state index contributed by atoms with van der Waals surface area (Å²) in [7, 11) is 0. The molecule has 120 valence electrons. The maximum absolute atomic E-state index is 14.3. The molecule has 0 atom stereocenters. The van der Waals surface area contributed by atoms with Gasteiger partial charge in [-0.25, -0.2) is 9.37 Å². The molecule has 24 heavy (non-hydrogen) atoms. The van der Waals surface area contributed by atoms with Crippen LogP contribution in [0.3, 0.4) is 0 Å². The Labute approximate surface area is 147 Å². The van der Waals surface area contributed by atoms with Gasteiger partial charge in [-0.1, -0.05) is 29.3 Å². The first kappa shape index (κ1) is 16.4. The molecule has 0 spiro atoms. The smallest absolute Gasteiger partial charge is 0.258 e. The zero-order valence-corrected chi connectivity index (χ0v) is 13.6. The third kappa shape index (κ3) is 3.53. The molecule has 7 heteroatoms. The second-order valence-electron chi connectivity index (χ2n) is 4.85. The Bertz CT molecular complexity index is 901. The molecule has 3 rings (SSSR count). The van der Waals surface area contributed by atoms with Gasteiger partial charge in [0.05, 0.1) is 28.2 Å². The van der Waals surface area contributed by atoms with Crippen molar-refractivity contribution in [3.8, 4) is 11.3 Å². The van der Waals surface area contributed by atoms with Crippen LogP contribution in [0, 0.1) is 5.82 Å². The van der Waals surface area contributed by atoms with E-state index in [0.29, 0.717) is 27.1 Å². The number of hydrogen-bond donors (Lipinski definition) is 1. The van der Waals surface area contributed by atoms with Gasteiger partial charge in [0, 0.05) is 11.8 Å². The molecule has 0 radical (unpaired) electrons. The van der Waals surface area contributed by atoms with Crippen LogP contribution in [0.2, 0.25) is 10.2 Å². The number of amides is 1. The number of halogens is 3. The third-order valence-corrected chi connectivity index (χ3v) is 3.76. The van der Waals surface area contributed by atoms with E-state index in [1.54, 1.807) is 30.5 Å². The number of pyridine rings is 2. The normalized spacial score (nSPS) is 10.5. The Morgan fingerprint density at radius 2 is 1.92 bits per heavy atom. The van der Waals surface area contributed by atoms with Crippen LogP contribution in [0.25, 0.3) is 11.3 Å². The molecule has 0 saturated heterocycles. The maximum atomic E-state index is 14.3. The quantitative estimate of drug-likeness (QED) is 0.679. The topological polar surface area (TPSA) is 54.9 Å². The van der Waals surface area contributed by atoms with E-state index in [4.69, 9.17) is 23.2 Å². The number of rotatable bonds is 3. The fraction of sp³-hybridized carbons (Fsp3) is 0. The minimum atomic E-state index is -0.673. The molecule has 0 aliphatic heterocycles. The molecule has 0 bridgehead atoms. The van der Waals surface area contributed by atoms with Crippen molar-refractivity contribution in [3.63, 3.8) is 0 Å². The highest BCUT2D eigenvalue weighted by Gasteiger charge is 2.14. The van der Waals surface area contributed by atoms with E-state index in [1.165, 1.54) is 24.4 Å². The zero-order chi connectivity index (χ0) is 17.1. The van der Waals surface area contributed by atoms with Crippen molar-refractivity contribution in [3.05, 3.63) is 76.4 Å². The van der Waals surface area contributed by atoms with Crippen LogP contribution in [0.5, 0.6) is 0 Å².